The highest BCUT2D eigenvalue weighted by molar-refractivity contribution is 5.94. The van der Waals surface area contributed by atoms with Gasteiger partial charge in [-0.1, -0.05) is 0 Å². The fourth-order valence-corrected chi connectivity index (χ4v) is 3.07. The molecule has 1 amide bonds. The first-order valence-electron chi connectivity index (χ1n) is 7.60. The Balaban J connectivity index is 2.18. The Morgan fingerprint density at radius 2 is 2.14 bits per heavy atom. The highest BCUT2D eigenvalue weighted by Gasteiger charge is 2.34. The molecule has 2 aromatic rings. The molecule has 1 aliphatic rings. The third-order valence-electron chi connectivity index (χ3n) is 4.16. The van der Waals surface area contributed by atoms with Crippen LogP contribution in [0.5, 0.6) is 0 Å². The van der Waals surface area contributed by atoms with E-state index in [0.29, 0.717) is 11.4 Å². The number of H-pyrrole nitrogens is 1. The maximum Gasteiger partial charge on any atom is 0.270 e. The van der Waals surface area contributed by atoms with Crippen LogP contribution in [0, 0.1) is 6.92 Å². The van der Waals surface area contributed by atoms with Gasteiger partial charge in [-0.15, -0.1) is 0 Å². The first-order chi connectivity index (χ1) is 10.4. The van der Waals surface area contributed by atoms with Gasteiger partial charge in [-0.25, -0.2) is 0 Å². The number of hydrogen-bond donors (Lipinski definition) is 2. The Bertz CT molecular complexity index is 780. The molecule has 0 bridgehead atoms. The van der Waals surface area contributed by atoms with Crippen LogP contribution in [0.2, 0.25) is 0 Å². The molecule has 1 atom stereocenters. The van der Waals surface area contributed by atoms with Crippen LogP contribution in [0.4, 0.5) is 5.82 Å². The molecule has 0 saturated carbocycles. The Kier molecular flexibility index (Phi) is 3.42. The maximum atomic E-state index is 12.4. The van der Waals surface area contributed by atoms with Crippen molar-refractivity contribution in [3.05, 3.63) is 33.4 Å². The van der Waals surface area contributed by atoms with Crippen molar-refractivity contribution in [2.24, 2.45) is 0 Å². The minimum atomic E-state index is -0.243. The zero-order chi connectivity index (χ0) is 16.0. The lowest BCUT2D eigenvalue weighted by molar-refractivity contribution is -0.116. The lowest BCUT2D eigenvalue weighted by Gasteiger charge is -2.23. The van der Waals surface area contributed by atoms with Gasteiger partial charge in [-0.2, -0.15) is 5.10 Å². The molecule has 0 saturated heterocycles. The van der Waals surface area contributed by atoms with E-state index < -0.39 is 0 Å². The molecule has 0 aliphatic carbocycles. The minimum absolute atomic E-state index is 0.0648. The SMILES string of the molecule is CCn1cc([C@@H]2CC(=O)Nc3c2c(=O)[nH]n3C(C)C)c(C)n1. The average molecular weight is 303 g/mol. The molecule has 0 spiro atoms. The first-order valence-corrected chi connectivity index (χ1v) is 7.60. The van der Waals surface area contributed by atoms with E-state index in [1.165, 1.54) is 0 Å². The van der Waals surface area contributed by atoms with Gasteiger partial charge in [-0.05, 0) is 27.7 Å². The number of carbonyl (C=O) groups excluding carboxylic acids is 1. The van der Waals surface area contributed by atoms with Crippen molar-refractivity contribution in [3.63, 3.8) is 0 Å². The number of nitrogens with zero attached hydrogens (tertiary/aromatic N) is 3. The molecule has 2 N–H and O–H groups in total. The van der Waals surface area contributed by atoms with E-state index in [4.69, 9.17) is 0 Å². The number of anilines is 1. The summed E-state index contributed by atoms with van der Waals surface area (Å²) in [7, 11) is 0. The molecule has 0 aromatic carbocycles. The van der Waals surface area contributed by atoms with Gasteiger partial charge < -0.3 is 5.32 Å². The van der Waals surface area contributed by atoms with Crippen LogP contribution in [0.1, 0.15) is 56.0 Å². The van der Waals surface area contributed by atoms with Crippen LogP contribution in [0.15, 0.2) is 11.0 Å². The summed E-state index contributed by atoms with van der Waals surface area (Å²) in [4.78, 5) is 24.5. The number of amides is 1. The van der Waals surface area contributed by atoms with Crippen LogP contribution < -0.4 is 10.9 Å². The summed E-state index contributed by atoms with van der Waals surface area (Å²) in [6.07, 6.45) is 2.21. The summed E-state index contributed by atoms with van der Waals surface area (Å²) in [5.74, 6) is 0.271. The number of aromatic nitrogens is 4. The highest BCUT2D eigenvalue weighted by Crippen LogP contribution is 2.36. The standard InChI is InChI=1S/C15H21N5O2/c1-5-19-7-11(9(4)17-19)10-6-12(21)16-14-13(10)15(22)18-20(14)8(2)3/h7-8,10H,5-6H2,1-4H3,(H,16,21)(H,18,22)/t10-/m0/s1. The molecular weight excluding hydrogens is 282 g/mol. The van der Waals surface area contributed by atoms with Crippen LogP contribution in [0.3, 0.4) is 0 Å². The summed E-state index contributed by atoms with van der Waals surface area (Å²) < 4.78 is 3.56. The van der Waals surface area contributed by atoms with Crippen molar-refractivity contribution >= 4 is 11.7 Å². The van der Waals surface area contributed by atoms with Gasteiger partial charge in [0.15, 0.2) is 0 Å². The van der Waals surface area contributed by atoms with Gasteiger partial charge in [-0.3, -0.25) is 24.1 Å². The second-order valence-corrected chi connectivity index (χ2v) is 6.00. The Morgan fingerprint density at radius 1 is 1.41 bits per heavy atom. The van der Waals surface area contributed by atoms with E-state index >= 15 is 0 Å². The number of aryl methyl sites for hydroxylation is 2. The van der Waals surface area contributed by atoms with Gasteiger partial charge in [0.05, 0.1) is 11.3 Å². The highest BCUT2D eigenvalue weighted by atomic mass is 16.2. The number of aromatic amines is 1. The number of rotatable bonds is 3. The van der Waals surface area contributed by atoms with E-state index in [1.54, 1.807) is 4.68 Å². The molecule has 7 heteroatoms. The lowest BCUT2D eigenvalue weighted by Crippen LogP contribution is -2.27. The molecular formula is C15H21N5O2. The summed E-state index contributed by atoms with van der Waals surface area (Å²) in [5.41, 5.74) is 2.30. The molecule has 3 heterocycles. The normalized spacial score (nSPS) is 17.7. The fourth-order valence-electron chi connectivity index (χ4n) is 3.07. The molecule has 1 aliphatic heterocycles. The van der Waals surface area contributed by atoms with Crippen molar-refractivity contribution in [2.75, 3.05) is 5.32 Å². The lowest BCUT2D eigenvalue weighted by atomic mass is 9.87. The second-order valence-electron chi connectivity index (χ2n) is 6.00. The molecule has 118 valence electrons. The third-order valence-corrected chi connectivity index (χ3v) is 4.16. The third kappa shape index (κ3) is 2.17. The van der Waals surface area contributed by atoms with Crippen LogP contribution >= 0.6 is 0 Å². The Hall–Kier alpha value is -2.31. The van der Waals surface area contributed by atoms with Crippen LogP contribution in [0.25, 0.3) is 0 Å². The average Bonchev–Trinajstić information content (AvgIpc) is 2.99. The quantitative estimate of drug-likeness (QED) is 0.906. The predicted octanol–water partition coefficient (Wildman–Crippen LogP) is 1.76. The predicted molar refractivity (Wildman–Crippen MR) is 83.2 cm³/mol. The van der Waals surface area contributed by atoms with Crippen LogP contribution in [-0.4, -0.2) is 25.5 Å². The smallest absolute Gasteiger partial charge is 0.270 e. The van der Waals surface area contributed by atoms with Gasteiger partial charge in [0.25, 0.3) is 5.56 Å². The summed E-state index contributed by atoms with van der Waals surface area (Å²) in [6.45, 7) is 8.62. The number of nitrogens with one attached hydrogen (secondary N) is 2. The van der Waals surface area contributed by atoms with E-state index in [2.05, 4.69) is 15.5 Å². The van der Waals surface area contributed by atoms with Crippen molar-refractivity contribution in [2.45, 2.75) is 52.6 Å². The maximum absolute atomic E-state index is 12.4. The van der Waals surface area contributed by atoms with Gasteiger partial charge in [0.2, 0.25) is 5.91 Å². The summed E-state index contributed by atoms with van der Waals surface area (Å²) in [5, 5.41) is 10.1. The molecule has 0 unspecified atom stereocenters. The number of fused-ring (bicyclic) bond motifs is 1. The van der Waals surface area contributed by atoms with Crippen molar-refractivity contribution in [3.8, 4) is 0 Å². The molecule has 0 fully saturated rings. The molecule has 22 heavy (non-hydrogen) atoms. The van der Waals surface area contributed by atoms with Crippen molar-refractivity contribution < 1.29 is 4.79 Å². The van der Waals surface area contributed by atoms with E-state index in [9.17, 15) is 9.59 Å². The van der Waals surface area contributed by atoms with E-state index in [1.807, 2.05) is 38.6 Å². The van der Waals surface area contributed by atoms with Crippen molar-refractivity contribution in [1.82, 2.24) is 19.6 Å². The summed E-state index contributed by atoms with van der Waals surface area (Å²) >= 11 is 0. The molecule has 2 aromatic heterocycles. The van der Waals surface area contributed by atoms with Gasteiger partial charge in [0, 0.05) is 36.7 Å². The molecule has 7 nitrogen and oxygen atoms in total. The minimum Gasteiger partial charge on any atom is -0.311 e. The zero-order valence-corrected chi connectivity index (χ0v) is 13.3. The topological polar surface area (TPSA) is 84.7 Å². The van der Waals surface area contributed by atoms with E-state index in [-0.39, 0.29) is 29.8 Å². The van der Waals surface area contributed by atoms with Crippen molar-refractivity contribution in [1.29, 1.82) is 0 Å². The summed E-state index contributed by atoms with van der Waals surface area (Å²) in [6, 6.07) is 0.0648. The number of carbonyl (C=O) groups is 1. The molecule has 0 radical (unpaired) electrons. The Labute approximate surface area is 128 Å². The van der Waals surface area contributed by atoms with E-state index in [0.717, 1.165) is 17.8 Å². The fraction of sp³-hybridized carbons (Fsp3) is 0.533. The van der Waals surface area contributed by atoms with Gasteiger partial charge >= 0.3 is 0 Å². The molecule has 3 rings (SSSR count). The largest absolute Gasteiger partial charge is 0.311 e. The first kappa shape index (κ1) is 14.6. The zero-order valence-electron chi connectivity index (χ0n) is 13.3. The Morgan fingerprint density at radius 3 is 2.73 bits per heavy atom. The van der Waals surface area contributed by atoms with Gasteiger partial charge in [0.1, 0.15) is 5.82 Å². The van der Waals surface area contributed by atoms with Crippen LogP contribution in [-0.2, 0) is 11.3 Å². The second kappa shape index (κ2) is 5.15. The number of hydrogen-bond acceptors (Lipinski definition) is 3. The monoisotopic (exact) mass is 303 g/mol.